The molecule has 2 aliphatic rings. The monoisotopic (exact) mass is 687 g/mol. The van der Waals surface area contributed by atoms with Crippen LogP contribution >= 0.6 is 0 Å². The van der Waals surface area contributed by atoms with Crippen LogP contribution in [0.3, 0.4) is 0 Å². The fourth-order valence-electron chi connectivity index (χ4n) is 6.88. The van der Waals surface area contributed by atoms with Crippen LogP contribution in [0.4, 0.5) is 35.5 Å². The average Bonchev–Trinajstić information content (AvgIpc) is 3.60. The van der Waals surface area contributed by atoms with Gasteiger partial charge in [0, 0.05) is 17.2 Å². The molecule has 0 radical (unpaired) electrons. The van der Waals surface area contributed by atoms with E-state index in [9.17, 15) is 41.0 Å². The number of halogens is 7. The lowest BCUT2D eigenvalue weighted by Crippen LogP contribution is -2.31. The van der Waals surface area contributed by atoms with Gasteiger partial charge in [-0.1, -0.05) is 23.8 Å². The second-order valence-corrected chi connectivity index (χ2v) is 12.2. The quantitative estimate of drug-likeness (QED) is 0.204. The molecule has 49 heavy (non-hydrogen) atoms. The number of alkyl halides is 6. The Labute approximate surface area is 275 Å². The number of aryl methyl sites for hydroxylation is 2. The first-order valence-corrected chi connectivity index (χ1v) is 15.1. The van der Waals surface area contributed by atoms with Crippen molar-refractivity contribution in [1.29, 1.82) is 0 Å². The zero-order valence-electron chi connectivity index (χ0n) is 26.2. The molecule has 6 rings (SSSR count). The van der Waals surface area contributed by atoms with Crippen LogP contribution in [0, 0.1) is 19.7 Å². The minimum atomic E-state index is -4.77. The number of amides is 1. The van der Waals surface area contributed by atoms with E-state index in [-0.39, 0.29) is 52.0 Å². The molecule has 256 valence electrons. The maximum atomic E-state index is 15.6. The van der Waals surface area contributed by atoms with Gasteiger partial charge in [0.25, 0.3) is 0 Å². The molecule has 0 bridgehead atoms. The summed E-state index contributed by atoms with van der Waals surface area (Å²) in [4.78, 5) is 26.1. The third kappa shape index (κ3) is 6.17. The van der Waals surface area contributed by atoms with E-state index in [1.165, 1.54) is 55.3 Å². The topological polar surface area (TPSA) is 76.1 Å². The van der Waals surface area contributed by atoms with E-state index in [1.807, 2.05) is 0 Å². The molecular formula is C36H28F7NO5. The van der Waals surface area contributed by atoms with E-state index in [4.69, 9.17) is 9.47 Å². The Morgan fingerprint density at radius 2 is 1.53 bits per heavy atom. The SMILES string of the molecule is COc1cc(F)c(-c2ccc(C(=O)O)cc2C)cc1-c1ccc(C(F)(F)F)cc1C1CCC2C(c3cc(C)cc(C(F)(F)F)c3)OC(=O)N12. The van der Waals surface area contributed by atoms with Crippen LogP contribution in [0.5, 0.6) is 5.75 Å². The van der Waals surface area contributed by atoms with Gasteiger partial charge in [0.15, 0.2) is 0 Å². The Morgan fingerprint density at radius 3 is 2.16 bits per heavy atom. The van der Waals surface area contributed by atoms with Crippen LogP contribution in [0.25, 0.3) is 22.3 Å². The Balaban J connectivity index is 1.48. The molecule has 13 heteroatoms. The number of hydrogen-bond donors (Lipinski definition) is 1. The third-order valence-electron chi connectivity index (χ3n) is 9.05. The van der Waals surface area contributed by atoms with Gasteiger partial charge in [-0.2, -0.15) is 26.3 Å². The summed E-state index contributed by atoms with van der Waals surface area (Å²) in [6.45, 7) is 3.07. The van der Waals surface area contributed by atoms with Crippen molar-refractivity contribution in [2.75, 3.05) is 7.11 Å². The minimum absolute atomic E-state index is 0.0158. The number of fused-ring (bicyclic) bond motifs is 1. The summed E-state index contributed by atoms with van der Waals surface area (Å²) in [7, 11) is 1.26. The van der Waals surface area contributed by atoms with Gasteiger partial charge >= 0.3 is 24.4 Å². The van der Waals surface area contributed by atoms with Crippen molar-refractivity contribution < 1.29 is 54.9 Å². The molecule has 0 aliphatic carbocycles. The second-order valence-electron chi connectivity index (χ2n) is 12.2. The Bertz CT molecular complexity index is 1990. The summed E-state index contributed by atoms with van der Waals surface area (Å²) in [6.07, 6.45) is -11.0. The molecule has 2 fully saturated rings. The number of carbonyl (C=O) groups excluding carboxylic acids is 1. The smallest absolute Gasteiger partial charge is 0.416 e. The van der Waals surface area contributed by atoms with Gasteiger partial charge in [0.2, 0.25) is 0 Å². The molecule has 6 nitrogen and oxygen atoms in total. The first-order valence-electron chi connectivity index (χ1n) is 15.1. The van der Waals surface area contributed by atoms with Crippen LogP contribution < -0.4 is 4.74 Å². The van der Waals surface area contributed by atoms with E-state index >= 15 is 4.39 Å². The molecule has 0 aromatic heterocycles. The van der Waals surface area contributed by atoms with E-state index < -0.39 is 59.5 Å². The van der Waals surface area contributed by atoms with E-state index in [0.29, 0.717) is 16.7 Å². The molecule has 2 aliphatic heterocycles. The standard InChI is InChI=1S/C36H28F7NO5/c1-17-10-20(13-22(11-17)36(41,42)43)32-30-9-8-29(44(30)34(47)49-32)26-14-21(35(38,39)40)5-7-24(26)27-15-25(28(37)16-31(27)48-3)23-6-4-19(33(45)46)12-18(23)2/h4-7,10-16,29-30,32H,8-9H2,1-3H3,(H,45,46). The van der Waals surface area contributed by atoms with Gasteiger partial charge in [-0.05, 0) is 97.0 Å². The molecule has 1 amide bonds. The minimum Gasteiger partial charge on any atom is -0.496 e. The number of carbonyl (C=O) groups is 2. The summed E-state index contributed by atoms with van der Waals surface area (Å²) in [5, 5.41) is 9.37. The molecule has 0 spiro atoms. The van der Waals surface area contributed by atoms with Crippen LogP contribution in [-0.2, 0) is 17.1 Å². The van der Waals surface area contributed by atoms with E-state index in [0.717, 1.165) is 30.3 Å². The van der Waals surface area contributed by atoms with Crippen molar-refractivity contribution in [2.45, 2.75) is 57.2 Å². The predicted molar refractivity (Wildman–Crippen MR) is 164 cm³/mol. The van der Waals surface area contributed by atoms with Crippen LogP contribution in [0.2, 0.25) is 0 Å². The fraction of sp³-hybridized carbons (Fsp3) is 0.278. The molecule has 3 unspecified atom stereocenters. The number of carboxylic acids is 1. The summed E-state index contributed by atoms with van der Waals surface area (Å²) in [6, 6.07) is 11.1. The van der Waals surface area contributed by atoms with Gasteiger partial charge in [0.1, 0.15) is 17.7 Å². The lowest BCUT2D eigenvalue weighted by molar-refractivity contribution is -0.138. The van der Waals surface area contributed by atoms with E-state index in [2.05, 4.69) is 0 Å². The van der Waals surface area contributed by atoms with Crippen molar-refractivity contribution >= 4 is 12.1 Å². The third-order valence-corrected chi connectivity index (χ3v) is 9.05. The number of cyclic esters (lactones) is 1. The first-order chi connectivity index (χ1) is 23.0. The molecule has 2 heterocycles. The van der Waals surface area contributed by atoms with Crippen molar-refractivity contribution in [3.8, 4) is 28.0 Å². The first kappa shape index (κ1) is 33.8. The number of methoxy groups -OCH3 is 1. The highest BCUT2D eigenvalue weighted by atomic mass is 19.4. The number of nitrogens with zero attached hydrogens (tertiary/aromatic N) is 1. The molecule has 0 saturated carbocycles. The maximum absolute atomic E-state index is 15.6. The molecule has 1 N–H and O–H groups in total. The Morgan fingerprint density at radius 1 is 0.837 bits per heavy atom. The highest BCUT2D eigenvalue weighted by molar-refractivity contribution is 5.89. The summed E-state index contributed by atoms with van der Waals surface area (Å²) >= 11 is 0. The lowest BCUT2D eigenvalue weighted by Gasteiger charge is -2.26. The zero-order valence-corrected chi connectivity index (χ0v) is 26.2. The van der Waals surface area contributed by atoms with Gasteiger partial charge in [-0.3, -0.25) is 4.90 Å². The van der Waals surface area contributed by atoms with Crippen LogP contribution in [0.1, 0.15) is 68.7 Å². The highest BCUT2D eigenvalue weighted by Gasteiger charge is 2.51. The number of hydrogen-bond acceptors (Lipinski definition) is 4. The average molecular weight is 688 g/mol. The summed E-state index contributed by atoms with van der Waals surface area (Å²) < 4.78 is 110. The van der Waals surface area contributed by atoms with Crippen molar-refractivity contribution in [3.05, 3.63) is 111 Å². The summed E-state index contributed by atoms with van der Waals surface area (Å²) in [5.41, 5.74) is -0.286. The molecule has 4 aromatic carbocycles. The predicted octanol–water partition coefficient (Wildman–Crippen LogP) is 9.92. The van der Waals surface area contributed by atoms with Crippen LogP contribution in [-0.4, -0.2) is 35.2 Å². The number of benzene rings is 4. The highest BCUT2D eigenvalue weighted by Crippen LogP contribution is 2.51. The van der Waals surface area contributed by atoms with Gasteiger partial charge in [0.05, 0.1) is 35.9 Å². The number of ether oxygens (including phenoxy) is 2. The lowest BCUT2D eigenvalue weighted by atomic mass is 9.88. The van der Waals surface area contributed by atoms with E-state index in [1.54, 1.807) is 6.92 Å². The Hall–Kier alpha value is -5.07. The van der Waals surface area contributed by atoms with Crippen molar-refractivity contribution in [1.82, 2.24) is 4.90 Å². The van der Waals surface area contributed by atoms with Gasteiger partial charge in [-0.15, -0.1) is 0 Å². The maximum Gasteiger partial charge on any atom is 0.416 e. The van der Waals surface area contributed by atoms with Gasteiger partial charge in [-0.25, -0.2) is 14.0 Å². The second kappa shape index (κ2) is 12.1. The number of carboxylic acid groups (broad SMARTS) is 1. The molecule has 2 saturated heterocycles. The summed E-state index contributed by atoms with van der Waals surface area (Å²) in [5.74, 6) is -1.93. The molecule has 3 atom stereocenters. The van der Waals surface area contributed by atoms with Crippen molar-refractivity contribution in [2.24, 2.45) is 0 Å². The molecule has 4 aromatic rings. The molecular weight excluding hydrogens is 659 g/mol. The largest absolute Gasteiger partial charge is 0.496 e. The fourth-order valence-corrected chi connectivity index (χ4v) is 6.88. The Kier molecular flexibility index (Phi) is 8.36. The van der Waals surface area contributed by atoms with Crippen LogP contribution in [0.15, 0.2) is 66.7 Å². The number of rotatable bonds is 6. The normalized spacial score (nSPS) is 19.2. The van der Waals surface area contributed by atoms with Gasteiger partial charge < -0.3 is 14.6 Å². The zero-order chi connectivity index (χ0) is 35.6. The van der Waals surface area contributed by atoms with Crippen molar-refractivity contribution in [3.63, 3.8) is 0 Å². The number of aromatic carboxylic acids is 1.